The maximum Gasteiger partial charge on any atom is 0.419 e. The van der Waals surface area contributed by atoms with Gasteiger partial charge in [0.15, 0.2) is 0 Å². The first-order chi connectivity index (χ1) is 8.48. The van der Waals surface area contributed by atoms with Crippen molar-refractivity contribution in [2.24, 2.45) is 0 Å². The van der Waals surface area contributed by atoms with Crippen LogP contribution in [-0.4, -0.2) is 13.0 Å². The molecule has 0 spiro atoms. The van der Waals surface area contributed by atoms with Gasteiger partial charge in [-0.15, -0.1) is 0 Å². The number of alkyl halides is 6. The number of benzene rings is 1. The monoisotopic (exact) mass is 289 g/mol. The molecule has 1 N–H and O–H groups in total. The van der Waals surface area contributed by atoms with Crippen LogP contribution in [-0.2, 0) is 12.4 Å². The number of carbonyl (C=O) groups is 1. The van der Waals surface area contributed by atoms with Gasteiger partial charge in [0.05, 0.1) is 11.1 Å². The van der Waals surface area contributed by atoms with Crippen molar-refractivity contribution in [2.75, 3.05) is 7.05 Å². The van der Waals surface area contributed by atoms with E-state index in [1.807, 2.05) is 5.32 Å². The molecule has 1 aromatic rings. The number of halogens is 7. The summed E-state index contributed by atoms with van der Waals surface area (Å²) in [5.41, 5.74) is -5.20. The molecule has 0 bridgehead atoms. The van der Waals surface area contributed by atoms with E-state index in [0.29, 0.717) is 0 Å². The standard InChI is InChI=1S/C10H6F7NO/c1-18-8(19)4-2-5(9(12,13)14)7(11)6(3-4)10(15,16)17/h2-3H,1H3,(H,18,19). The molecule has 106 valence electrons. The summed E-state index contributed by atoms with van der Waals surface area (Å²) in [6, 6.07) is 0.0623. The van der Waals surface area contributed by atoms with Gasteiger partial charge < -0.3 is 5.32 Å². The van der Waals surface area contributed by atoms with Gasteiger partial charge in [0.25, 0.3) is 5.91 Å². The van der Waals surface area contributed by atoms with E-state index in [1.54, 1.807) is 0 Å². The van der Waals surface area contributed by atoms with E-state index in [4.69, 9.17) is 0 Å². The molecule has 0 fully saturated rings. The lowest BCUT2D eigenvalue weighted by Gasteiger charge is -2.15. The van der Waals surface area contributed by atoms with Crippen molar-refractivity contribution in [2.45, 2.75) is 12.4 Å². The zero-order chi connectivity index (χ0) is 15.0. The van der Waals surface area contributed by atoms with Crippen LogP contribution in [0.25, 0.3) is 0 Å². The number of nitrogens with one attached hydrogen (secondary N) is 1. The fourth-order valence-corrected chi connectivity index (χ4v) is 1.31. The third-order valence-electron chi connectivity index (χ3n) is 2.17. The van der Waals surface area contributed by atoms with Crippen molar-refractivity contribution in [1.82, 2.24) is 5.32 Å². The largest absolute Gasteiger partial charge is 0.419 e. The van der Waals surface area contributed by atoms with Crippen LogP contribution in [0.4, 0.5) is 30.7 Å². The zero-order valence-corrected chi connectivity index (χ0v) is 9.21. The zero-order valence-electron chi connectivity index (χ0n) is 9.21. The Morgan fingerprint density at radius 1 is 1.00 bits per heavy atom. The molecule has 0 aliphatic rings. The molecular weight excluding hydrogens is 283 g/mol. The summed E-state index contributed by atoms with van der Waals surface area (Å²) in [7, 11) is 1.02. The first kappa shape index (κ1) is 15.3. The highest BCUT2D eigenvalue weighted by Crippen LogP contribution is 2.39. The second-order valence-corrected chi connectivity index (χ2v) is 3.46. The van der Waals surface area contributed by atoms with Gasteiger partial charge in [-0.3, -0.25) is 4.79 Å². The van der Waals surface area contributed by atoms with Crippen molar-refractivity contribution in [3.05, 3.63) is 34.6 Å². The van der Waals surface area contributed by atoms with Crippen LogP contribution in [0.2, 0.25) is 0 Å². The van der Waals surface area contributed by atoms with Gasteiger partial charge in [0.1, 0.15) is 5.82 Å². The summed E-state index contributed by atoms with van der Waals surface area (Å²) >= 11 is 0. The van der Waals surface area contributed by atoms with E-state index < -0.39 is 40.8 Å². The number of amides is 1. The molecule has 9 heteroatoms. The van der Waals surface area contributed by atoms with Crippen LogP contribution in [0.3, 0.4) is 0 Å². The van der Waals surface area contributed by atoms with Crippen molar-refractivity contribution >= 4 is 5.91 Å². The lowest BCUT2D eigenvalue weighted by atomic mass is 10.0. The normalized spacial score (nSPS) is 12.4. The van der Waals surface area contributed by atoms with Crippen molar-refractivity contribution in [3.8, 4) is 0 Å². The van der Waals surface area contributed by atoms with E-state index in [2.05, 4.69) is 0 Å². The summed E-state index contributed by atoms with van der Waals surface area (Å²) in [6.45, 7) is 0. The molecule has 0 aliphatic carbocycles. The van der Waals surface area contributed by atoms with Gasteiger partial charge in [-0.05, 0) is 12.1 Å². The average molecular weight is 289 g/mol. The Bertz CT molecular complexity index is 469. The molecule has 0 aromatic heterocycles. The molecule has 0 atom stereocenters. The molecular formula is C10H6F7NO. The van der Waals surface area contributed by atoms with Crippen molar-refractivity contribution in [1.29, 1.82) is 0 Å². The Morgan fingerprint density at radius 2 is 1.37 bits per heavy atom. The maximum absolute atomic E-state index is 13.2. The molecule has 0 saturated heterocycles. The molecule has 0 heterocycles. The summed E-state index contributed by atoms with van der Waals surface area (Å²) in [4.78, 5) is 11.1. The van der Waals surface area contributed by atoms with Crippen molar-refractivity contribution in [3.63, 3.8) is 0 Å². The van der Waals surface area contributed by atoms with Crippen LogP contribution in [0.5, 0.6) is 0 Å². The fourth-order valence-electron chi connectivity index (χ4n) is 1.31. The summed E-state index contributed by atoms with van der Waals surface area (Å²) in [6.07, 6.45) is -10.7. The highest BCUT2D eigenvalue weighted by Gasteiger charge is 2.42. The lowest BCUT2D eigenvalue weighted by molar-refractivity contribution is -0.147. The van der Waals surface area contributed by atoms with Gasteiger partial charge in [0.2, 0.25) is 0 Å². The summed E-state index contributed by atoms with van der Waals surface area (Å²) < 4.78 is 87.8. The van der Waals surface area contributed by atoms with Crippen LogP contribution >= 0.6 is 0 Å². The SMILES string of the molecule is CNC(=O)c1cc(C(F)(F)F)c(F)c(C(F)(F)F)c1. The highest BCUT2D eigenvalue weighted by molar-refractivity contribution is 5.94. The Morgan fingerprint density at radius 3 is 1.63 bits per heavy atom. The molecule has 0 aliphatic heterocycles. The van der Waals surface area contributed by atoms with E-state index in [1.165, 1.54) is 0 Å². The number of carbonyl (C=O) groups excluding carboxylic acids is 1. The van der Waals surface area contributed by atoms with Gasteiger partial charge >= 0.3 is 12.4 Å². The topological polar surface area (TPSA) is 29.1 Å². The second-order valence-electron chi connectivity index (χ2n) is 3.46. The highest BCUT2D eigenvalue weighted by atomic mass is 19.4. The second kappa shape index (κ2) is 4.71. The molecule has 19 heavy (non-hydrogen) atoms. The Balaban J connectivity index is 3.62. The van der Waals surface area contributed by atoms with Crippen LogP contribution in [0.15, 0.2) is 12.1 Å². The van der Waals surface area contributed by atoms with Gasteiger partial charge in [-0.1, -0.05) is 0 Å². The molecule has 2 nitrogen and oxygen atoms in total. The van der Waals surface area contributed by atoms with Gasteiger partial charge in [0, 0.05) is 12.6 Å². The Labute approximate surface area is 102 Å². The maximum atomic E-state index is 13.2. The third-order valence-corrected chi connectivity index (χ3v) is 2.17. The number of rotatable bonds is 1. The molecule has 1 amide bonds. The summed E-state index contributed by atoms with van der Waals surface area (Å²) in [5, 5.41) is 1.86. The molecule has 0 radical (unpaired) electrons. The fraction of sp³-hybridized carbons (Fsp3) is 0.300. The first-order valence-electron chi connectivity index (χ1n) is 4.68. The minimum absolute atomic E-state index is 0.0312. The Hall–Kier alpha value is -1.80. The van der Waals surface area contributed by atoms with Crippen LogP contribution in [0, 0.1) is 5.82 Å². The predicted molar refractivity (Wildman–Crippen MR) is 49.8 cm³/mol. The van der Waals surface area contributed by atoms with E-state index in [-0.39, 0.29) is 12.1 Å². The van der Waals surface area contributed by atoms with E-state index in [0.717, 1.165) is 7.05 Å². The third kappa shape index (κ3) is 3.15. The molecule has 0 unspecified atom stereocenters. The van der Waals surface area contributed by atoms with Crippen LogP contribution < -0.4 is 5.32 Å². The first-order valence-corrected chi connectivity index (χ1v) is 4.68. The predicted octanol–water partition coefficient (Wildman–Crippen LogP) is 3.22. The van der Waals surface area contributed by atoms with E-state index in [9.17, 15) is 35.5 Å². The minimum Gasteiger partial charge on any atom is -0.355 e. The smallest absolute Gasteiger partial charge is 0.355 e. The van der Waals surface area contributed by atoms with Crippen molar-refractivity contribution < 1.29 is 35.5 Å². The molecule has 1 rings (SSSR count). The Kier molecular flexibility index (Phi) is 3.78. The average Bonchev–Trinajstić information content (AvgIpc) is 2.25. The van der Waals surface area contributed by atoms with E-state index >= 15 is 0 Å². The van der Waals surface area contributed by atoms with Crippen LogP contribution in [0.1, 0.15) is 21.5 Å². The molecule has 0 saturated carbocycles. The summed E-state index contributed by atoms with van der Waals surface area (Å²) in [5.74, 6) is -3.64. The lowest BCUT2D eigenvalue weighted by Crippen LogP contribution is -2.22. The minimum atomic E-state index is -5.34. The quantitative estimate of drug-likeness (QED) is 0.790. The molecule has 1 aromatic carbocycles. The number of hydrogen-bond acceptors (Lipinski definition) is 1. The van der Waals surface area contributed by atoms with Gasteiger partial charge in [-0.25, -0.2) is 4.39 Å². The van der Waals surface area contributed by atoms with Gasteiger partial charge in [-0.2, -0.15) is 26.3 Å². The number of hydrogen-bond donors (Lipinski definition) is 1.